The zero-order valence-electron chi connectivity index (χ0n) is 17.3. The number of amides is 3. The van der Waals surface area contributed by atoms with Gasteiger partial charge < -0.3 is 14.5 Å². The molecular formula is C20H27N5O4. The maximum Gasteiger partial charge on any atom is 0.415 e. The number of imidazole rings is 1. The molecule has 0 atom stereocenters. The molecule has 3 amide bonds. The van der Waals surface area contributed by atoms with Crippen molar-refractivity contribution in [2.75, 3.05) is 44.7 Å². The van der Waals surface area contributed by atoms with Crippen LogP contribution in [0.25, 0.3) is 5.65 Å². The molecule has 0 radical (unpaired) electrons. The third-order valence-electron chi connectivity index (χ3n) is 5.12. The number of hydrogen-bond acceptors (Lipinski definition) is 5. The lowest BCUT2D eigenvalue weighted by Crippen LogP contribution is -2.50. The van der Waals surface area contributed by atoms with Crippen molar-refractivity contribution in [3.63, 3.8) is 0 Å². The van der Waals surface area contributed by atoms with E-state index in [1.165, 1.54) is 11.8 Å². The Labute approximate surface area is 169 Å². The van der Waals surface area contributed by atoms with Crippen LogP contribution in [0.5, 0.6) is 0 Å². The normalized spacial score (nSPS) is 14.2. The summed E-state index contributed by atoms with van der Waals surface area (Å²) < 4.78 is 6.88. The zero-order valence-corrected chi connectivity index (χ0v) is 17.3. The number of hydrogen-bond donors (Lipinski definition) is 0. The molecule has 9 nitrogen and oxygen atoms in total. The second-order valence-corrected chi connectivity index (χ2v) is 6.94. The molecular weight excluding hydrogens is 374 g/mol. The van der Waals surface area contributed by atoms with Gasteiger partial charge in [0.25, 0.3) is 5.91 Å². The lowest BCUT2D eigenvalue weighted by molar-refractivity contribution is -0.130. The van der Waals surface area contributed by atoms with E-state index >= 15 is 0 Å². The third kappa shape index (κ3) is 4.03. The third-order valence-corrected chi connectivity index (χ3v) is 5.12. The summed E-state index contributed by atoms with van der Waals surface area (Å²) in [6.45, 7) is 7.59. The molecule has 1 fully saturated rings. The van der Waals surface area contributed by atoms with Crippen LogP contribution >= 0.6 is 0 Å². The lowest BCUT2D eigenvalue weighted by atomic mass is 10.2. The Morgan fingerprint density at radius 1 is 1.10 bits per heavy atom. The molecule has 0 N–H and O–H groups in total. The van der Waals surface area contributed by atoms with Crippen molar-refractivity contribution in [1.82, 2.24) is 19.2 Å². The highest BCUT2D eigenvalue weighted by molar-refractivity contribution is 5.95. The van der Waals surface area contributed by atoms with Crippen LogP contribution in [0.4, 0.5) is 10.6 Å². The van der Waals surface area contributed by atoms with Crippen molar-refractivity contribution in [3.05, 3.63) is 29.6 Å². The number of anilines is 1. The molecule has 1 saturated heterocycles. The molecule has 0 bridgehead atoms. The predicted octanol–water partition coefficient (Wildman–Crippen LogP) is 1.79. The first-order valence-electron chi connectivity index (χ1n) is 9.83. The van der Waals surface area contributed by atoms with Crippen molar-refractivity contribution in [2.24, 2.45) is 0 Å². The molecule has 3 heterocycles. The number of carbonyl (C=O) groups is 3. The van der Waals surface area contributed by atoms with Crippen LogP contribution in [-0.2, 0) is 16.0 Å². The smallest absolute Gasteiger partial charge is 0.415 e. The molecule has 9 heteroatoms. The molecule has 1 aliphatic rings. The first-order chi connectivity index (χ1) is 13.9. The molecule has 0 unspecified atom stereocenters. The summed E-state index contributed by atoms with van der Waals surface area (Å²) in [6.07, 6.45) is 1.88. The van der Waals surface area contributed by atoms with Gasteiger partial charge in [-0.25, -0.2) is 9.78 Å². The molecule has 0 spiro atoms. The SMILES string of the molecule is CCOC(=O)N(C)c1c(CC)nc2ccc(C(=O)N3CCN(C(C)=O)CC3)cn12. The fourth-order valence-electron chi connectivity index (χ4n) is 3.51. The summed E-state index contributed by atoms with van der Waals surface area (Å²) >= 11 is 0. The van der Waals surface area contributed by atoms with Gasteiger partial charge >= 0.3 is 6.09 Å². The van der Waals surface area contributed by atoms with E-state index in [0.29, 0.717) is 49.6 Å². The van der Waals surface area contributed by atoms with Crippen molar-refractivity contribution < 1.29 is 19.1 Å². The summed E-state index contributed by atoms with van der Waals surface area (Å²) in [5, 5.41) is 0. The van der Waals surface area contributed by atoms with Gasteiger partial charge in [-0.15, -0.1) is 0 Å². The topological polar surface area (TPSA) is 87.5 Å². The molecule has 156 valence electrons. The Bertz CT molecular complexity index is 930. The van der Waals surface area contributed by atoms with Crippen molar-refractivity contribution >= 4 is 29.4 Å². The standard InChI is InChI=1S/C20H27N5O4/c1-5-16-18(22(4)20(28)29-6-2)25-13-15(7-8-17(25)21-16)19(27)24-11-9-23(10-12-24)14(3)26/h7-8,13H,5-6,9-12H2,1-4H3. The number of ether oxygens (including phenoxy) is 1. The van der Waals surface area contributed by atoms with E-state index < -0.39 is 6.09 Å². The highest BCUT2D eigenvalue weighted by Gasteiger charge is 2.25. The summed E-state index contributed by atoms with van der Waals surface area (Å²) in [4.78, 5) is 46.2. The second kappa shape index (κ2) is 8.50. The van der Waals surface area contributed by atoms with Gasteiger partial charge in [0.2, 0.25) is 5.91 Å². The van der Waals surface area contributed by atoms with Gasteiger partial charge in [-0.3, -0.25) is 18.9 Å². The van der Waals surface area contributed by atoms with Crippen molar-refractivity contribution in [1.29, 1.82) is 0 Å². The van der Waals surface area contributed by atoms with Crippen LogP contribution in [0.3, 0.4) is 0 Å². The minimum absolute atomic E-state index is 0.0238. The van der Waals surface area contributed by atoms with E-state index in [0.717, 1.165) is 5.69 Å². The minimum atomic E-state index is -0.471. The second-order valence-electron chi connectivity index (χ2n) is 6.94. The molecule has 1 aliphatic heterocycles. The first kappa shape index (κ1) is 20.6. The molecule has 2 aromatic rings. The fourth-order valence-corrected chi connectivity index (χ4v) is 3.51. The Morgan fingerprint density at radius 3 is 2.34 bits per heavy atom. The quantitative estimate of drug-likeness (QED) is 0.780. The number of carbonyl (C=O) groups excluding carboxylic acids is 3. The Kier molecular flexibility index (Phi) is 6.05. The first-order valence-corrected chi connectivity index (χ1v) is 9.83. The van der Waals surface area contributed by atoms with Gasteiger partial charge in [0.1, 0.15) is 11.5 Å². The van der Waals surface area contributed by atoms with Crippen LogP contribution in [0.15, 0.2) is 18.3 Å². The van der Waals surface area contributed by atoms with E-state index in [2.05, 4.69) is 4.98 Å². The van der Waals surface area contributed by atoms with E-state index in [-0.39, 0.29) is 18.4 Å². The van der Waals surface area contributed by atoms with Crippen molar-refractivity contribution in [3.8, 4) is 0 Å². The average Bonchev–Trinajstić information content (AvgIpc) is 3.10. The van der Waals surface area contributed by atoms with E-state index in [1.807, 2.05) is 6.92 Å². The Hall–Kier alpha value is -3.10. The number of pyridine rings is 1. The molecule has 0 aromatic carbocycles. The van der Waals surface area contributed by atoms with E-state index in [4.69, 9.17) is 4.74 Å². The minimum Gasteiger partial charge on any atom is -0.449 e. The van der Waals surface area contributed by atoms with E-state index in [9.17, 15) is 14.4 Å². The predicted molar refractivity (Wildman–Crippen MR) is 108 cm³/mol. The van der Waals surface area contributed by atoms with E-state index in [1.54, 1.807) is 46.5 Å². The average molecular weight is 401 g/mol. The number of fused-ring (bicyclic) bond motifs is 1. The molecule has 2 aromatic heterocycles. The Balaban J connectivity index is 1.91. The molecule has 0 aliphatic carbocycles. The van der Waals surface area contributed by atoms with Gasteiger partial charge in [0.15, 0.2) is 0 Å². The largest absolute Gasteiger partial charge is 0.449 e. The van der Waals surface area contributed by atoms with Gasteiger partial charge in [0.05, 0.1) is 17.9 Å². The maximum atomic E-state index is 13.0. The molecule has 0 saturated carbocycles. The van der Waals surface area contributed by atoms with Gasteiger partial charge in [-0.05, 0) is 25.5 Å². The van der Waals surface area contributed by atoms with Crippen LogP contribution in [0, 0.1) is 0 Å². The van der Waals surface area contributed by atoms with Gasteiger partial charge in [-0.2, -0.15) is 0 Å². The number of nitrogens with zero attached hydrogens (tertiary/aromatic N) is 5. The Morgan fingerprint density at radius 2 is 1.76 bits per heavy atom. The van der Waals surface area contributed by atoms with Crippen molar-refractivity contribution in [2.45, 2.75) is 27.2 Å². The lowest BCUT2D eigenvalue weighted by Gasteiger charge is -2.34. The van der Waals surface area contributed by atoms with Crippen LogP contribution in [-0.4, -0.2) is 76.9 Å². The number of aromatic nitrogens is 2. The molecule has 29 heavy (non-hydrogen) atoms. The zero-order chi connectivity index (χ0) is 21.1. The number of rotatable bonds is 4. The summed E-state index contributed by atoms with van der Waals surface area (Å²) in [6, 6.07) is 3.52. The maximum absolute atomic E-state index is 13.0. The number of piperazine rings is 1. The highest BCUT2D eigenvalue weighted by Crippen LogP contribution is 2.24. The number of aryl methyl sites for hydroxylation is 1. The molecule has 3 rings (SSSR count). The monoisotopic (exact) mass is 401 g/mol. The van der Waals surface area contributed by atoms with Crippen LogP contribution < -0.4 is 4.90 Å². The summed E-state index contributed by atoms with van der Waals surface area (Å²) in [5.74, 6) is 0.513. The fraction of sp³-hybridized carbons (Fsp3) is 0.500. The van der Waals surface area contributed by atoms with Gasteiger partial charge in [-0.1, -0.05) is 6.92 Å². The highest BCUT2D eigenvalue weighted by atomic mass is 16.6. The summed E-state index contributed by atoms with van der Waals surface area (Å²) in [7, 11) is 1.64. The van der Waals surface area contributed by atoms with Gasteiger partial charge in [0, 0.05) is 46.3 Å². The van der Waals surface area contributed by atoms with Crippen LogP contribution in [0.2, 0.25) is 0 Å². The van der Waals surface area contributed by atoms with Crippen LogP contribution in [0.1, 0.15) is 36.8 Å². The summed E-state index contributed by atoms with van der Waals surface area (Å²) in [5.41, 5.74) is 1.92.